The minimum absolute atomic E-state index is 0.120. The molecule has 0 radical (unpaired) electrons. The van der Waals surface area contributed by atoms with Gasteiger partial charge in [-0.1, -0.05) is 26.7 Å². The molecule has 0 spiro atoms. The maximum absolute atomic E-state index is 9.84. The Bertz CT molecular complexity index is 239. The number of rotatable bonds is 5. The molecule has 0 fully saturated rings. The van der Waals surface area contributed by atoms with Crippen LogP contribution in [0.1, 0.15) is 38.6 Å². The van der Waals surface area contributed by atoms with Crippen molar-refractivity contribution in [3.63, 3.8) is 0 Å². The maximum Gasteiger partial charge on any atom is 0.138 e. The number of hydrogen-bond acceptors (Lipinski definition) is 3. The Hall–Kier alpha value is -0.800. The van der Waals surface area contributed by atoms with Crippen molar-refractivity contribution < 1.29 is 14.6 Å². The molecule has 0 aliphatic heterocycles. The Morgan fingerprint density at radius 1 is 1.29 bits per heavy atom. The Balaban J connectivity index is 2.64. The molecule has 0 aromatic carbocycles. The molecule has 1 heterocycles. The van der Waals surface area contributed by atoms with E-state index >= 15 is 0 Å². The molecule has 0 saturated carbocycles. The molecule has 0 aliphatic carbocycles. The summed E-state index contributed by atoms with van der Waals surface area (Å²) in [5.41, 5.74) is 0. The summed E-state index contributed by atoms with van der Waals surface area (Å²) < 4.78 is 5.05. The van der Waals surface area contributed by atoms with Crippen LogP contribution >= 0.6 is 0 Å². The van der Waals surface area contributed by atoms with E-state index in [1.807, 2.05) is 13.8 Å². The molecule has 0 bridgehead atoms. The van der Waals surface area contributed by atoms with Crippen LogP contribution in [0.4, 0.5) is 0 Å². The van der Waals surface area contributed by atoms with Gasteiger partial charge in [-0.15, -0.1) is 0 Å². The SMILES string of the molecule is CCC(CC)C(O)C(O)c1ccco1. The largest absolute Gasteiger partial charge is 0.466 e. The molecule has 1 aromatic rings. The van der Waals surface area contributed by atoms with Crippen molar-refractivity contribution in [2.24, 2.45) is 5.92 Å². The average molecular weight is 198 g/mol. The van der Waals surface area contributed by atoms with Gasteiger partial charge in [0, 0.05) is 0 Å². The lowest BCUT2D eigenvalue weighted by atomic mass is 9.92. The monoisotopic (exact) mass is 198 g/mol. The second kappa shape index (κ2) is 5.17. The molecular weight excluding hydrogens is 180 g/mol. The van der Waals surface area contributed by atoms with Crippen LogP contribution in [0.5, 0.6) is 0 Å². The Kier molecular flexibility index (Phi) is 4.17. The first-order valence-corrected chi connectivity index (χ1v) is 5.10. The Morgan fingerprint density at radius 3 is 2.36 bits per heavy atom. The smallest absolute Gasteiger partial charge is 0.138 e. The third kappa shape index (κ3) is 2.36. The van der Waals surface area contributed by atoms with Gasteiger partial charge in [0.25, 0.3) is 0 Å². The van der Waals surface area contributed by atoms with E-state index < -0.39 is 12.2 Å². The van der Waals surface area contributed by atoms with Gasteiger partial charge in [0.15, 0.2) is 0 Å². The molecule has 80 valence electrons. The van der Waals surface area contributed by atoms with Crippen LogP contribution in [0.25, 0.3) is 0 Å². The maximum atomic E-state index is 9.84. The molecule has 14 heavy (non-hydrogen) atoms. The van der Waals surface area contributed by atoms with Crippen LogP contribution < -0.4 is 0 Å². The zero-order valence-corrected chi connectivity index (χ0v) is 8.68. The van der Waals surface area contributed by atoms with Crippen molar-refractivity contribution in [1.29, 1.82) is 0 Å². The highest BCUT2D eigenvalue weighted by Gasteiger charge is 2.26. The highest BCUT2D eigenvalue weighted by Crippen LogP contribution is 2.25. The predicted octanol–water partition coefficient (Wildman–Crippen LogP) is 2.11. The van der Waals surface area contributed by atoms with Crippen LogP contribution in [-0.4, -0.2) is 16.3 Å². The lowest BCUT2D eigenvalue weighted by Crippen LogP contribution is -2.26. The molecule has 0 saturated heterocycles. The summed E-state index contributed by atoms with van der Waals surface area (Å²) in [5.74, 6) is 0.555. The van der Waals surface area contributed by atoms with Gasteiger partial charge in [-0.25, -0.2) is 0 Å². The molecular formula is C11H18O3. The topological polar surface area (TPSA) is 53.6 Å². The highest BCUT2D eigenvalue weighted by molar-refractivity contribution is 5.04. The van der Waals surface area contributed by atoms with Crippen LogP contribution in [0.15, 0.2) is 22.8 Å². The van der Waals surface area contributed by atoms with Gasteiger partial charge in [-0.2, -0.15) is 0 Å². The van der Waals surface area contributed by atoms with Crippen LogP contribution in [-0.2, 0) is 0 Å². The van der Waals surface area contributed by atoms with Gasteiger partial charge >= 0.3 is 0 Å². The lowest BCUT2D eigenvalue weighted by Gasteiger charge is -2.23. The van der Waals surface area contributed by atoms with Gasteiger partial charge in [0.2, 0.25) is 0 Å². The fourth-order valence-electron chi connectivity index (χ4n) is 1.66. The van der Waals surface area contributed by atoms with Gasteiger partial charge in [-0.3, -0.25) is 0 Å². The Labute approximate surface area is 84.4 Å². The molecule has 1 aromatic heterocycles. The third-order valence-electron chi connectivity index (χ3n) is 2.69. The Morgan fingerprint density at radius 2 is 1.93 bits per heavy atom. The summed E-state index contributed by atoms with van der Waals surface area (Å²) in [6.45, 7) is 4.01. The van der Waals surface area contributed by atoms with Crippen molar-refractivity contribution in [3.05, 3.63) is 24.2 Å². The zero-order valence-electron chi connectivity index (χ0n) is 8.68. The molecule has 0 aliphatic rings. The van der Waals surface area contributed by atoms with Gasteiger partial charge in [0.1, 0.15) is 11.9 Å². The molecule has 2 N–H and O–H groups in total. The first-order valence-electron chi connectivity index (χ1n) is 5.10. The second-order valence-corrected chi connectivity index (χ2v) is 3.53. The van der Waals surface area contributed by atoms with Crippen molar-refractivity contribution in [2.45, 2.75) is 38.9 Å². The fraction of sp³-hybridized carbons (Fsp3) is 0.636. The van der Waals surface area contributed by atoms with Crippen molar-refractivity contribution in [1.82, 2.24) is 0 Å². The number of aliphatic hydroxyl groups is 2. The molecule has 1 rings (SSSR count). The van der Waals surface area contributed by atoms with Gasteiger partial charge in [0.05, 0.1) is 12.4 Å². The summed E-state index contributed by atoms with van der Waals surface area (Å²) in [7, 11) is 0. The van der Waals surface area contributed by atoms with Gasteiger partial charge < -0.3 is 14.6 Å². The first kappa shape index (κ1) is 11.3. The van der Waals surface area contributed by atoms with E-state index in [1.54, 1.807) is 12.1 Å². The van der Waals surface area contributed by atoms with Gasteiger partial charge in [-0.05, 0) is 18.1 Å². The standard InChI is InChI=1S/C11H18O3/c1-3-8(4-2)10(12)11(13)9-6-5-7-14-9/h5-8,10-13H,3-4H2,1-2H3. The summed E-state index contributed by atoms with van der Waals surface area (Å²) >= 11 is 0. The quantitative estimate of drug-likeness (QED) is 0.761. The average Bonchev–Trinajstić information content (AvgIpc) is 2.71. The first-order chi connectivity index (χ1) is 6.70. The number of aliphatic hydroxyl groups excluding tert-OH is 2. The summed E-state index contributed by atoms with van der Waals surface area (Å²) in [5, 5.41) is 19.6. The molecule has 3 heteroatoms. The van der Waals surface area contributed by atoms with E-state index in [1.165, 1.54) is 6.26 Å². The van der Waals surface area contributed by atoms with Crippen LogP contribution in [0, 0.1) is 5.92 Å². The van der Waals surface area contributed by atoms with Crippen molar-refractivity contribution >= 4 is 0 Å². The minimum atomic E-state index is -0.908. The fourth-order valence-corrected chi connectivity index (χ4v) is 1.66. The predicted molar refractivity (Wildman–Crippen MR) is 53.7 cm³/mol. The second-order valence-electron chi connectivity index (χ2n) is 3.53. The third-order valence-corrected chi connectivity index (χ3v) is 2.69. The van der Waals surface area contributed by atoms with Crippen LogP contribution in [0.2, 0.25) is 0 Å². The lowest BCUT2D eigenvalue weighted by molar-refractivity contribution is -0.0311. The van der Waals surface area contributed by atoms with E-state index in [2.05, 4.69) is 0 Å². The summed E-state index contributed by atoms with van der Waals surface area (Å²) in [6, 6.07) is 3.38. The molecule has 0 amide bonds. The van der Waals surface area contributed by atoms with E-state index in [9.17, 15) is 10.2 Å². The number of furan rings is 1. The molecule has 3 nitrogen and oxygen atoms in total. The zero-order chi connectivity index (χ0) is 10.6. The normalized spacial score (nSPS) is 15.8. The van der Waals surface area contributed by atoms with E-state index in [0.717, 1.165) is 12.8 Å². The molecule has 2 unspecified atom stereocenters. The van der Waals surface area contributed by atoms with E-state index in [0.29, 0.717) is 5.76 Å². The molecule has 2 atom stereocenters. The summed E-state index contributed by atoms with van der Waals surface area (Å²) in [6.07, 6.45) is 1.56. The van der Waals surface area contributed by atoms with Crippen molar-refractivity contribution in [3.8, 4) is 0 Å². The number of hydrogen-bond donors (Lipinski definition) is 2. The van der Waals surface area contributed by atoms with Crippen molar-refractivity contribution in [2.75, 3.05) is 0 Å². The highest BCUT2D eigenvalue weighted by atomic mass is 16.4. The van der Waals surface area contributed by atoms with E-state index in [4.69, 9.17) is 4.42 Å². The van der Waals surface area contributed by atoms with Crippen LogP contribution in [0.3, 0.4) is 0 Å². The van der Waals surface area contributed by atoms with E-state index in [-0.39, 0.29) is 5.92 Å². The minimum Gasteiger partial charge on any atom is -0.466 e. The summed E-state index contributed by atoms with van der Waals surface area (Å²) in [4.78, 5) is 0.